The van der Waals surface area contributed by atoms with E-state index in [1.807, 2.05) is 31.2 Å². The minimum Gasteiger partial charge on any atom is -0.459 e. The van der Waals surface area contributed by atoms with Gasteiger partial charge in [0.15, 0.2) is 16.7 Å². The van der Waals surface area contributed by atoms with Gasteiger partial charge in [0, 0.05) is 10.2 Å². The molecule has 3 aromatic heterocycles. The van der Waals surface area contributed by atoms with E-state index >= 15 is 0 Å². The lowest BCUT2D eigenvalue weighted by molar-refractivity contribution is -0.113. The number of benzene rings is 1. The Labute approximate surface area is 199 Å². The summed E-state index contributed by atoms with van der Waals surface area (Å²) >= 11 is 5.95. The van der Waals surface area contributed by atoms with Crippen LogP contribution in [0, 0.1) is 6.92 Å². The number of carbonyl (C=O) groups is 2. The summed E-state index contributed by atoms with van der Waals surface area (Å²) in [7, 11) is 0. The number of amides is 2. The summed E-state index contributed by atoms with van der Waals surface area (Å²) in [6.45, 7) is 1.94. The Bertz CT molecular complexity index is 1220. The summed E-state index contributed by atoms with van der Waals surface area (Å²) < 4.78 is 7.83. The van der Waals surface area contributed by atoms with E-state index in [0.29, 0.717) is 16.1 Å². The van der Waals surface area contributed by atoms with Gasteiger partial charge < -0.3 is 9.73 Å². The zero-order chi connectivity index (χ0) is 22.5. The van der Waals surface area contributed by atoms with E-state index < -0.39 is 0 Å². The Morgan fingerprint density at radius 2 is 1.97 bits per heavy atom. The van der Waals surface area contributed by atoms with Crippen LogP contribution >= 0.6 is 39.0 Å². The number of furan rings is 1. The summed E-state index contributed by atoms with van der Waals surface area (Å²) in [4.78, 5) is 24.5. The number of carbonyl (C=O) groups excluding carboxylic acids is 2. The van der Waals surface area contributed by atoms with Gasteiger partial charge in [-0.15, -0.1) is 20.4 Å². The van der Waals surface area contributed by atoms with Crippen LogP contribution in [0.25, 0.3) is 5.69 Å². The number of aryl methyl sites for hydroxylation is 1. The Hall–Kier alpha value is -3.03. The number of halogens is 1. The normalized spacial score (nSPS) is 10.8. The van der Waals surface area contributed by atoms with Gasteiger partial charge in [-0.05, 0) is 43.3 Å². The molecule has 2 amide bonds. The lowest BCUT2D eigenvalue weighted by Crippen LogP contribution is -2.24. The van der Waals surface area contributed by atoms with Gasteiger partial charge in [0.05, 0.1) is 18.6 Å². The van der Waals surface area contributed by atoms with Crippen LogP contribution in [-0.4, -0.2) is 42.5 Å². The van der Waals surface area contributed by atoms with Gasteiger partial charge in [0.25, 0.3) is 5.91 Å². The van der Waals surface area contributed by atoms with Crippen LogP contribution in [0.5, 0.6) is 0 Å². The second-order valence-corrected chi connectivity index (χ2v) is 9.37. The largest absolute Gasteiger partial charge is 0.459 e. The van der Waals surface area contributed by atoms with Crippen molar-refractivity contribution in [2.24, 2.45) is 0 Å². The molecule has 0 saturated carbocycles. The molecule has 0 spiro atoms. The first-order valence-electron chi connectivity index (χ1n) is 9.24. The highest BCUT2D eigenvalue weighted by atomic mass is 79.9. The van der Waals surface area contributed by atoms with Crippen molar-refractivity contribution in [2.45, 2.75) is 18.6 Å². The number of thioether (sulfide) groups is 1. The van der Waals surface area contributed by atoms with Gasteiger partial charge in [-0.25, -0.2) is 0 Å². The third-order valence-corrected chi connectivity index (χ3v) is 6.25. The van der Waals surface area contributed by atoms with Crippen LogP contribution in [0.3, 0.4) is 0 Å². The zero-order valence-corrected chi connectivity index (χ0v) is 19.8. The number of hydrogen-bond acceptors (Lipinski definition) is 9. The van der Waals surface area contributed by atoms with E-state index in [1.54, 1.807) is 16.7 Å². The highest BCUT2D eigenvalue weighted by Crippen LogP contribution is 2.24. The van der Waals surface area contributed by atoms with Crippen molar-refractivity contribution in [2.75, 3.05) is 11.1 Å². The quantitative estimate of drug-likeness (QED) is 0.329. The maximum absolute atomic E-state index is 12.3. The molecule has 0 radical (unpaired) electrons. The van der Waals surface area contributed by atoms with E-state index in [4.69, 9.17) is 4.42 Å². The Balaban J connectivity index is 1.50. The maximum Gasteiger partial charge on any atom is 0.287 e. The molecule has 10 nitrogen and oxygen atoms in total. The minimum absolute atomic E-state index is 0.103. The number of hydrogen-bond donors (Lipinski definition) is 2. The average molecular weight is 534 g/mol. The fraction of sp³-hybridized carbons (Fsp3) is 0.158. The molecule has 4 rings (SSSR count). The molecule has 3 heterocycles. The molecule has 0 aliphatic heterocycles. The average Bonchev–Trinajstić information content (AvgIpc) is 3.53. The van der Waals surface area contributed by atoms with Gasteiger partial charge in [-0.1, -0.05) is 39.0 Å². The topological polar surface area (TPSA) is 128 Å². The molecule has 0 aliphatic carbocycles. The van der Waals surface area contributed by atoms with Crippen LogP contribution in [0.15, 0.2) is 56.7 Å². The van der Waals surface area contributed by atoms with Gasteiger partial charge in [0.2, 0.25) is 11.0 Å². The van der Waals surface area contributed by atoms with Crippen LogP contribution in [0.4, 0.5) is 5.13 Å². The number of nitrogens with zero attached hydrogens (tertiary/aromatic N) is 5. The predicted molar refractivity (Wildman–Crippen MR) is 123 cm³/mol. The van der Waals surface area contributed by atoms with Crippen LogP contribution < -0.4 is 10.6 Å². The molecule has 0 fully saturated rings. The third kappa shape index (κ3) is 5.41. The molecule has 13 heteroatoms. The molecule has 0 aliphatic rings. The van der Waals surface area contributed by atoms with E-state index in [1.165, 1.54) is 29.4 Å². The summed E-state index contributed by atoms with van der Waals surface area (Å²) in [5, 5.41) is 23.4. The second-order valence-electron chi connectivity index (χ2n) is 6.33. The number of rotatable bonds is 8. The van der Waals surface area contributed by atoms with Gasteiger partial charge in [0.1, 0.15) is 5.01 Å². The maximum atomic E-state index is 12.3. The highest BCUT2D eigenvalue weighted by Gasteiger charge is 2.18. The first kappa shape index (κ1) is 22.2. The zero-order valence-electron chi connectivity index (χ0n) is 16.6. The fourth-order valence-electron chi connectivity index (χ4n) is 2.64. The molecule has 2 N–H and O–H groups in total. The van der Waals surface area contributed by atoms with Crippen molar-refractivity contribution in [1.82, 2.24) is 30.3 Å². The van der Waals surface area contributed by atoms with E-state index in [9.17, 15) is 9.59 Å². The number of aromatic nitrogens is 5. The molecular formula is C19H16BrN7O3S2. The first-order chi connectivity index (χ1) is 15.5. The monoisotopic (exact) mass is 533 g/mol. The molecule has 32 heavy (non-hydrogen) atoms. The van der Waals surface area contributed by atoms with Crippen LogP contribution in [0.2, 0.25) is 0 Å². The van der Waals surface area contributed by atoms with Gasteiger partial charge in [-0.2, -0.15) is 0 Å². The molecule has 0 atom stereocenters. The van der Waals surface area contributed by atoms with Crippen LogP contribution in [0.1, 0.15) is 21.4 Å². The number of anilines is 1. The summed E-state index contributed by atoms with van der Waals surface area (Å²) in [6.07, 6.45) is 1.43. The second kappa shape index (κ2) is 10.1. The lowest BCUT2D eigenvalue weighted by atomic mass is 10.3. The van der Waals surface area contributed by atoms with E-state index in [0.717, 1.165) is 15.2 Å². The summed E-state index contributed by atoms with van der Waals surface area (Å²) in [5.74, 6) is 0.227. The van der Waals surface area contributed by atoms with Crippen LogP contribution in [-0.2, 0) is 11.3 Å². The highest BCUT2D eigenvalue weighted by molar-refractivity contribution is 9.10. The molecule has 1 aromatic carbocycles. The van der Waals surface area contributed by atoms with Gasteiger partial charge >= 0.3 is 0 Å². The van der Waals surface area contributed by atoms with Crippen molar-refractivity contribution in [1.29, 1.82) is 0 Å². The molecule has 164 valence electrons. The Morgan fingerprint density at radius 3 is 2.66 bits per heavy atom. The minimum atomic E-state index is -0.360. The van der Waals surface area contributed by atoms with E-state index in [-0.39, 0.29) is 29.9 Å². The fourth-order valence-corrected chi connectivity index (χ4v) is 4.29. The Kier molecular flexibility index (Phi) is 6.97. The van der Waals surface area contributed by atoms with E-state index in [2.05, 4.69) is 47.0 Å². The number of nitrogens with one attached hydrogen (secondary N) is 2. The summed E-state index contributed by atoms with van der Waals surface area (Å²) in [6, 6.07) is 10.8. The van der Waals surface area contributed by atoms with Crippen molar-refractivity contribution < 1.29 is 14.0 Å². The molecule has 0 saturated heterocycles. The lowest BCUT2D eigenvalue weighted by Gasteiger charge is -2.11. The Morgan fingerprint density at radius 1 is 1.16 bits per heavy atom. The van der Waals surface area contributed by atoms with Gasteiger partial charge in [-0.3, -0.25) is 19.5 Å². The molecular weight excluding hydrogens is 518 g/mol. The summed E-state index contributed by atoms with van der Waals surface area (Å²) in [5.41, 5.74) is 0.795. The SMILES string of the molecule is Cc1nnc(NC(=O)CSc2nnc(CNC(=O)c3ccco3)n2-c2ccc(Br)cc2)s1. The molecule has 4 aromatic rings. The molecule has 0 bridgehead atoms. The van der Waals surface area contributed by atoms with Crippen molar-refractivity contribution >= 4 is 56.0 Å². The van der Waals surface area contributed by atoms with Crippen molar-refractivity contribution in [3.63, 3.8) is 0 Å². The molecule has 0 unspecified atom stereocenters. The predicted octanol–water partition coefficient (Wildman–Crippen LogP) is 3.44. The third-order valence-electron chi connectivity index (χ3n) is 4.04. The first-order valence-corrected chi connectivity index (χ1v) is 11.8. The standard InChI is InChI=1S/C19H16BrN7O3S2/c1-11-23-25-18(32-11)22-16(28)10-31-19-26-24-15(9-21-17(29)14-3-2-8-30-14)27(19)13-6-4-12(20)5-7-13/h2-8H,9-10H2,1H3,(H,21,29)(H,22,25,28). The smallest absolute Gasteiger partial charge is 0.287 e. The van der Waals surface area contributed by atoms with Crippen molar-refractivity contribution in [3.05, 3.63) is 63.7 Å². The van der Waals surface area contributed by atoms with Crippen molar-refractivity contribution in [3.8, 4) is 5.69 Å².